The zero-order valence-corrected chi connectivity index (χ0v) is 23.7. The summed E-state index contributed by atoms with van der Waals surface area (Å²) in [6.07, 6.45) is 8.44. The maximum Gasteiger partial charge on any atom is 0.411 e. The van der Waals surface area contributed by atoms with Gasteiger partial charge in [0.25, 0.3) is 0 Å². The van der Waals surface area contributed by atoms with E-state index in [9.17, 15) is 13.6 Å². The SMILES string of the molecule is C.CC1CCC(c2ccc(N)cc2F)CC1.CC1CCC(c2ccc(NC(=O)OCc3ccccc3)cc2F)CC1. The molecule has 0 unspecified atom stereocenters. The number of nitrogens with one attached hydrogen (secondary N) is 1. The smallest absolute Gasteiger partial charge is 0.411 e. The number of amides is 1. The first-order valence-electron chi connectivity index (χ1n) is 14.6. The van der Waals surface area contributed by atoms with Gasteiger partial charge in [0, 0.05) is 11.4 Å². The van der Waals surface area contributed by atoms with Crippen molar-refractivity contribution in [3.05, 3.63) is 95.1 Å². The zero-order chi connectivity index (χ0) is 28.5. The number of carbonyl (C=O) groups excluding carboxylic acids is 1. The number of anilines is 2. The normalized spacial score (nSPS) is 22.0. The van der Waals surface area contributed by atoms with Gasteiger partial charge in [-0.2, -0.15) is 0 Å². The fourth-order valence-electron chi connectivity index (χ4n) is 5.83. The molecule has 3 aromatic carbocycles. The van der Waals surface area contributed by atoms with Crippen LogP contribution in [0.1, 0.15) is 101 Å². The van der Waals surface area contributed by atoms with Gasteiger partial charge in [-0.15, -0.1) is 0 Å². The topological polar surface area (TPSA) is 64.3 Å². The van der Waals surface area contributed by atoms with Gasteiger partial charge in [-0.1, -0.05) is 89.4 Å². The molecule has 2 aliphatic carbocycles. The van der Waals surface area contributed by atoms with Crippen molar-refractivity contribution in [3.8, 4) is 0 Å². The number of hydrogen-bond donors (Lipinski definition) is 2. The van der Waals surface area contributed by atoms with E-state index in [4.69, 9.17) is 10.5 Å². The highest BCUT2D eigenvalue weighted by molar-refractivity contribution is 5.84. The molecule has 0 aliphatic heterocycles. The van der Waals surface area contributed by atoms with E-state index in [1.165, 1.54) is 25.0 Å². The Morgan fingerprint density at radius 1 is 0.780 bits per heavy atom. The van der Waals surface area contributed by atoms with Gasteiger partial charge < -0.3 is 10.5 Å². The van der Waals surface area contributed by atoms with Crippen LogP contribution in [0.4, 0.5) is 25.0 Å². The summed E-state index contributed by atoms with van der Waals surface area (Å²) < 4.78 is 33.3. The second kappa shape index (κ2) is 15.6. The molecule has 0 bridgehead atoms. The van der Waals surface area contributed by atoms with Crippen molar-refractivity contribution < 1.29 is 18.3 Å². The van der Waals surface area contributed by atoms with Gasteiger partial charge in [-0.25, -0.2) is 13.6 Å². The van der Waals surface area contributed by atoms with E-state index in [2.05, 4.69) is 19.2 Å². The molecule has 0 atom stereocenters. The standard InChI is InChI=1S/C21H24FNO2.C13H18FN.CH4/c1-15-7-9-17(10-8-15)19-12-11-18(13-20(19)22)23-21(24)25-14-16-5-3-2-4-6-16;1-9-2-4-10(5-3-9)12-7-6-11(15)8-13(12)14;/h2-6,11-13,15,17H,7-10,14H2,1H3,(H,23,24);6-10H,2-5,15H2,1H3;1H4. The highest BCUT2D eigenvalue weighted by Crippen LogP contribution is 2.38. The van der Waals surface area contributed by atoms with Crippen molar-refractivity contribution in [1.82, 2.24) is 0 Å². The van der Waals surface area contributed by atoms with E-state index in [1.54, 1.807) is 18.2 Å². The van der Waals surface area contributed by atoms with Crippen molar-refractivity contribution in [2.45, 2.75) is 91.1 Å². The van der Waals surface area contributed by atoms with Crippen LogP contribution in [0.3, 0.4) is 0 Å². The number of nitrogen functional groups attached to an aromatic ring is 1. The first-order valence-corrected chi connectivity index (χ1v) is 14.6. The minimum absolute atomic E-state index is 0. The quantitative estimate of drug-likeness (QED) is 0.303. The van der Waals surface area contributed by atoms with Crippen LogP contribution in [-0.4, -0.2) is 6.09 Å². The fraction of sp³-hybridized carbons (Fsp3) is 0.457. The van der Waals surface area contributed by atoms with Crippen LogP contribution in [-0.2, 0) is 11.3 Å². The number of rotatable bonds is 5. The summed E-state index contributed by atoms with van der Waals surface area (Å²) >= 11 is 0. The molecule has 0 radical (unpaired) electrons. The molecule has 5 rings (SSSR count). The monoisotopic (exact) mass is 564 g/mol. The third-order valence-electron chi connectivity index (χ3n) is 8.40. The van der Waals surface area contributed by atoms with Gasteiger partial charge >= 0.3 is 6.09 Å². The summed E-state index contributed by atoms with van der Waals surface area (Å²) in [6.45, 7) is 4.71. The van der Waals surface area contributed by atoms with Crippen molar-refractivity contribution in [3.63, 3.8) is 0 Å². The molecule has 3 aromatic rings. The fourth-order valence-corrected chi connectivity index (χ4v) is 5.83. The number of halogens is 2. The van der Waals surface area contributed by atoms with E-state index < -0.39 is 6.09 Å². The number of hydrogen-bond acceptors (Lipinski definition) is 3. The van der Waals surface area contributed by atoms with Crippen LogP contribution in [0, 0.1) is 23.5 Å². The third-order valence-corrected chi connectivity index (χ3v) is 8.40. The highest BCUT2D eigenvalue weighted by Gasteiger charge is 2.23. The van der Waals surface area contributed by atoms with Crippen molar-refractivity contribution in [2.75, 3.05) is 11.1 Å². The summed E-state index contributed by atoms with van der Waals surface area (Å²) in [4.78, 5) is 11.9. The van der Waals surface area contributed by atoms with Crippen LogP contribution in [0.2, 0.25) is 0 Å². The molecule has 222 valence electrons. The van der Waals surface area contributed by atoms with Gasteiger partial charge in [0.15, 0.2) is 0 Å². The predicted octanol–water partition coefficient (Wildman–Crippen LogP) is 10.2. The molecule has 6 heteroatoms. The molecule has 0 heterocycles. The molecule has 2 saturated carbocycles. The number of ether oxygens (including phenoxy) is 1. The van der Waals surface area contributed by atoms with E-state index >= 15 is 0 Å². The van der Waals surface area contributed by atoms with E-state index in [0.29, 0.717) is 17.3 Å². The zero-order valence-electron chi connectivity index (χ0n) is 23.7. The molecule has 0 aromatic heterocycles. The maximum absolute atomic E-state index is 14.4. The van der Waals surface area contributed by atoms with Crippen LogP contribution >= 0.6 is 0 Å². The molecule has 1 amide bonds. The van der Waals surface area contributed by atoms with Crippen LogP contribution in [0.25, 0.3) is 0 Å². The Hall–Kier alpha value is -3.41. The van der Waals surface area contributed by atoms with E-state index in [-0.39, 0.29) is 31.6 Å². The summed E-state index contributed by atoms with van der Waals surface area (Å²) in [6, 6.07) is 19.5. The second-order valence-electron chi connectivity index (χ2n) is 11.6. The van der Waals surface area contributed by atoms with Gasteiger partial charge in [0.1, 0.15) is 18.2 Å². The summed E-state index contributed by atoms with van der Waals surface area (Å²) in [5, 5.41) is 2.59. The van der Waals surface area contributed by atoms with Gasteiger partial charge in [-0.05, 0) is 90.3 Å². The Labute approximate surface area is 244 Å². The Balaban J connectivity index is 0.000000248. The molecule has 3 N–H and O–H groups in total. The summed E-state index contributed by atoms with van der Waals surface area (Å²) in [5.74, 6) is 1.85. The van der Waals surface area contributed by atoms with Crippen molar-refractivity contribution in [1.29, 1.82) is 0 Å². The van der Waals surface area contributed by atoms with Gasteiger partial charge in [-0.3, -0.25) is 5.32 Å². The molecule has 2 aliphatic rings. The lowest BCUT2D eigenvalue weighted by Crippen LogP contribution is -2.15. The lowest BCUT2D eigenvalue weighted by atomic mass is 9.79. The Morgan fingerprint density at radius 2 is 1.29 bits per heavy atom. The van der Waals surface area contributed by atoms with Crippen LogP contribution in [0.5, 0.6) is 0 Å². The third kappa shape index (κ3) is 9.58. The lowest BCUT2D eigenvalue weighted by Gasteiger charge is -2.26. The molecular formula is C35H46F2N2O2. The highest BCUT2D eigenvalue weighted by atomic mass is 19.1. The Morgan fingerprint density at radius 3 is 1.80 bits per heavy atom. The first-order chi connectivity index (χ1) is 19.3. The average Bonchev–Trinajstić information content (AvgIpc) is 2.94. The van der Waals surface area contributed by atoms with E-state index in [0.717, 1.165) is 67.1 Å². The molecule has 0 spiro atoms. The van der Waals surface area contributed by atoms with Crippen LogP contribution in [0.15, 0.2) is 66.7 Å². The van der Waals surface area contributed by atoms with E-state index in [1.807, 2.05) is 36.4 Å². The number of carbonyl (C=O) groups is 1. The molecule has 41 heavy (non-hydrogen) atoms. The molecule has 2 fully saturated rings. The first kappa shape index (κ1) is 32.1. The minimum atomic E-state index is -0.581. The molecular weight excluding hydrogens is 518 g/mol. The summed E-state index contributed by atoms with van der Waals surface area (Å²) in [5.41, 5.74) is 9.00. The predicted molar refractivity (Wildman–Crippen MR) is 165 cm³/mol. The Kier molecular flexibility index (Phi) is 12.2. The molecule has 4 nitrogen and oxygen atoms in total. The minimum Gasteiger partial charge on any atom is -0.444 e. The molecule has 0 saturated heterocycles. The summed E-state index contributed by atoms with van der Waals surface area (Å²) in [7, 11) is 0. The maximum atomic E-state index is 14.4. The van der Waals surface area contributed by atoms with Crippen molar-refractivity contribution in [2.24, 2.45) is 11.8 Å². The number of benzene rings is 3. The number of nitrogens with two attached hydrogens (primary N) is 1. The Bertz CT molecular complexity index is 1230. The largest absolute Gasteiger partial charge is 0.444 e. The van der Waals surface area contributed by atoms with Gasteiger partial charge in [0.05, 0.1) is 0 Å². The lowest BCUT2D eigenvalue weighted by molar-refractivity contribution is 0.155. The van der Waals surface area contributed by atoms with Crippen LogP contribution < -0.4 is 11.1 Å². The second-order valence-corrected chi connectivity index (χ2v) is 11.6. The van der Waals surface area contributed by atoms with Crippen molar-refractivity contribution >= 4 is 17.5 Å². The van der Waals surface area contributed by atoms with Gasteiger partial charge in [0.2, 0.25) is 0 Å². The average molecular weight is 565 g/mol.